The van der Waals surface area contributed by atoms with E-state index in [1.807, 2.05) is 0 Å². The molecule has 0 saturated carbocycles. The molecule has 0 amide bonds. The minimum Gasteiger partial charge on any atom is -0.465 e. The third-order valence-corrected chi connectivity index (χ3v) is 3.89. The number of oxime groups is 1. The molecule has 1 aliphatic rings. The van der Waals surface area contributed by atoms with Crippen molar-refractivity contribution in [2.24, 2.45) is 15.9 Å². The zero-order chi connectivity index (χ0) is 19.5. The van der Waals surface area contributed by atoms with E-state index in [1.165, 1.54) is 6.07 Å². The third-order valence-electron chi connectivity index (χ3n) is 3.45. The Morgan fingerprint density at radius 3 is 2.50 bits per heavy atom. The zero-order valence-corrected chi connectivity index (χ0v) is 14.7. The number of esters is 1. The minimum absolute atomic E-state index is 0.00992. The standard InChI is InChI=1S/C15H12Cl2F3N3O3/c1-25-13(24)8(6-21)7-22-12-5-14(26-23-12,15(18,19)20)9-2-10(16)4-11(17)3-9/h2-4,6-7H,5,21H2,1H3. The van der Waals surface area contributed by atoms with Crippen molar-refractivity contribution in [3.8, 4) is 0 Å². The number of nitrogens with zero attached hydrogens (tertiary/aromatic N) is 2. The summed E-state index contributed by atoms with van der Waals surface area (Å²) in [5.41, 5.74) is 1.96. The summed E-state index contributed by atoms with van der Waals surface area (Å²) in [6.07, 6.45) is -3.75. The van der Waals surface area contributed by atoms with Crippen molar-refractivity contribution in [3.63, 3.8) is 0 Å². The lowest BCUT2D eigenvalue weighted by atomic mass is 9.89. The lowest BCUT2D eigenvalue weighted by molar-refractivity contribution is -0.275. The topological polar surface area (TPSA) is 86.3 Å². The van der Waals surface area contributed by atoms with Gasteiger partial charge in [0.1, 0.15) is 0 Å². The molecule has 0 radical (unpaired) electrons. The first-order valence-corrected chi connectivity index (χ1v) is 7.71. The lowest BCUT2D eigenvalue weighted by Gasteiger charge is -2.29. The van der Waals surface area contributed by atoms with Gasteiger partial charge in [-0.3, -0.25) is 0 Å². The van der Waals surface area contributed by atoms with Crippen LogP contribution in [-0.4, -0.2) is 31.3 Å². The second-order valence-corrected chi connectivity index (χ2v) is 6.00. The first kappa shape index (κ1) is 20.1. The molecule has 0 fully saturated rings. The van der Waals surface area contributed by atoms with Crippen LogP contribution in [0.15, 0.2) is 40.1 Å². The fraction of sp³-hybridized carbons (Fsp3) is 0.267. The van der Waals surface area contributed by atoms with Crippen LogP contribution in [0.4, 0.5) is 13.2 Å². The number of carbonyl (C=O) groups excluding carboxylic acids is 1. The maximum atomic E-state index is 13.7. The molecule has 6 nitrogen and oxygen atoms in total. The van der Waals surface area contributed by atoms with E-state index in [-0.39, 0.29) is 27.0 Å². The highest BCUT2D eigenvalue weighted by Gasteiger charge is 2.62. The van der Waals surface area contributed by atoms with E-state index in [0.717, 1.165) is 31.7 Å². The number of rotatable bonds is 3. The molecule has 11 heteroatoms. The highest BCUT2D eigenvalue weighted by Crippen LogP contribution is 2.49. The van der Waals surface area contributed by atoms with Gasteiger partial charge < -0.3 is 15.3 Å². The molecule has 0 bridgehead atoms. The smallest absolute Gasteiger partial charge is 0.435 e. The van der Waals surface area contributed by atoms with Gasteiger partial charge in [-0.1, -0.05) is 28.4 Å². The summed E-state index contributed by atoms with van der Waals surface area (Å²) in [5.74, 6) is -1.11. The van der Waals surface area contributed by atoms with E-state index >= 15 is 0 Å². The molecule has 1 aromatic rings. The highest BCUT2D eigenvalue weighted by atomic mass is 35.5. The highest BCUT2D eigenvalue weighted by molar-refractivity contribution is 6.34. The van der Waals surface area contributed by atoms with Crippen molar-refractivity contribution in [1.29, 1.82) is 0 Å². The molecule has 140 valence electrons. The van der Waals surface area contributed by atoms with Crippen molar-refractivity contribution in [2.75, 3.05) is 7.11 Å². The van der Waals surface area contributed by atoms with Crippen LogP contribution in [0.2, 0.25) is 10.0 Å². The summed E-state index contributed by atoms with van der Waals surface area (Å²) in [7, 11) is 1.12. The summed E-state index contributed by atoms with van der Waals surface area (Å²) in [5, 5.41) is 3.40. The Morgan fingerprint density at radius 2 is 2.00 bits per heavy atom. The number of hydrogen-bond acceptors (Lipinski definition) is 6. The molecule has 1 atom stereocenters. The van der Waals surface area contributed by atoms with E-state index < -0.39 is 24.2 Å². The van der Waals surface area contributed by atoms with Crippen molar-refractivity contribution < 1.29 is 27.5 Å². The fourth-order valence-corrected chi connectivity index (χ4v) is 2.70. The van der Waals surface area contributed by atoms with Crippen molar-refractivity contribution in [1.82, 2.24) is 0 Å². The van der Waals surface area contributed by atoms with Crippen LogP contribution >= 0.6 is 23.2 Å². The van der Waals surface area contributed by atoms with Gasteiger partial charge in [-0.05, 0) is 18.2 Å². The summed E-state index contributed by atoms with van der Waals surface area (Å²) in [4.78, 5) is 19.8. The van der Waals surface area contributed by atoms with Crippen LogP contribution in [0.5, 0.6) is 0 Å². The van der Waals surface area contributed by atoms with Gasteiger partial charge >= 0.3 is 12.1 Å². The average Bonchev–Trinajstić information content (AvgIpc) is 2.99. The number of methoxy groups -OCH3 is 1. The van der Waals surface area contributed by atoms with Gasteiger partial charge in [0.05, 0.1) is 19.1 Å². The van der Waals surface area contributed by atoms with Gasteiger partial charge in [-0.15, -0.1) is 0 Å². The molecule has 26 heavy (non-hydrogen) atoms. The molecular formula is C15H12Cl2F3N3O3. The maximum absolute atomic E-state index is 13.7. The third kappa shape index (κ3) is 3.94. The van der Waals surface area contributed by atoms with E-state index in [2.05, 4.69) is 14.9 Å². The lowest BCUT2D eigenvalue weighted by Crippen LogP contribution is -2.42. The van der Waals surface area contributed by atoms with E-state index in [1.54, 1.807) is 0 Å². The summed E-state index contributed by atoms with van der Waals surface area (Å²) in [6, 6.07) is 3.46. The van der Waals surface area contributed by atoms with Gasteiger partial charge in [-0.2, -0.15) is 13.2 Å². The second kappa shape index (κ2) is 7.55. The Balaban J connectivity index is 2.35. The summed E-state index contributed by atoms with van der Waals surface area (Å²) >= 11 is 11.6. The molecule has 1 aliphatic heterocycles. The van der Waals surface area contributed by atoms with Crippen molar-refractivity contribution >= 4 is 41.2 Å². The Bertz CT molecular complexity index is 789. The Kier molecular flexibility index (Phi) is 5.82. The van der Waals surface area contributed by atoms with Gasteiger partial charge in [-0.25, -0.2) is 9.79 Å². The van der Waals surface area contributed by atoms with Crippen molar-refractivity contribution in [3.05, 3.63) is 45.6 Å². The van der Waals surface area contributed by atoms with Crippen LogP contribution in [0.25, 0.3) is 0 Å². The predicted octanol–water partition coefficient (Wildman–Crippen LogP) is 3.57. The maximum Gasteiger partial charge on any atom is 0.435 e. The predicted molar refractivity (Wildman–Crippen MR) is 90.1 cm³/mol. The average molecular weight is 410 g/mol. The van der Waals surface area contributed by atoms with Crippen molar-refractivity contribution in [2.45, 2.75) is 18.2 Å². The molecule has 1 heterocycles. The molecular weight excluding hydrogens is 398 g/mol. The number of ether oxygens (including phenoxy) is 1. The second-order valence-electron chi connectivity index (χ2n) is 5.13. The quantitative estimate of drug-likeness (QED) is 0.469. The number of benzene rings is 1. The van der Waals surface area contributed by atoms with Crippen LogP contribution in [0.1, 0.15) is 12.0 Å². The Morgan fingerprint density at radius 1 is 1.38 bits per heavy atom. The molecule has 1 aromatic carbocycles. The molecule has 0 aliphatic carbocycles. The van der Waals surface area contributed by atoms with Crippen LogP contribution in [0.3, 0.4) is 0 Å². The number of halogens is 5. The van der Waals surface area contributed by atoms with Crippen LogP contribution in [0, 0.1) is 0 Å². The number of carbonyl (C=O) groups is 1. The minimum atomic E-state index is -4.84. The van der Waals surface area contributed by atoms with Crippen LogP contribution < -0.4 is 5.73 Å². The van der Waals surface area contributed by atoms with E-state index in [0.29, 0.717) is 0 Å². The van der Waals surface area contributed by atoms with Gasteiger partial charge in [0.15, 0.2) is 5.84 Å². The first-order valence-electron chi connectivity index (χ1n) is 6.95. The molecule has 0 saturated heterocycles. The van der Waals surface area contributed by atoms with E-state index in [9.17, 15) is 18.0 Å². The molecule has 1 unspecified atom stereocenters. The van der Waals surface area contributed by atoms with Crippen LogP contribution in [-0.2, 0) is 20.0 Å². The monoisotopic (exact) mass is 409 g/mol. The summed E-state index contributed by atoms with van der Waals surface area (Å²) < 4.78 is 45.7. The normalized spacial score (nSPS) is 20.8. The van der Waals surface area contributed by atoms with E-state index in [4.69, 9.17) is 33.8 Å². The van der Waals surface area contributed by atoms with Gasteiger partial charge in [0.2, 0.25) is 0 Å². The van der Waals surface area contributed by atoms with Gasteiger partial charge in [0, 0.05) is 28.0 Å². The number of nitrogens with two attached hydrogens (primary N) is 1. The number of alkyl halides is 3. The molecule has 2 rings (SSSR count). The number of amidine groups is 1. The fourth-order valence-electron chi connectivity index (χ4n) is 2.17. The first-order chi connectivity index (χ1) is 12.1. The SMILES string of the molecule is COC(=O)C(C=NC1=NOC(c2cc(Cl)cc(Cl)c2)(C(F)(F)F)C1)=CN. The molecule has 0 spiro atoms. The zero-order valence-electron chi connectivity index (χ0n) is 13.2. The molecule has 2 N–H and O–H groups in total. The molecule has 0 aromatic heterocycles. The number of hydrogen-bond donors (Lipinski definition) is 1. The largest absolute Gasteiger partial charge is 0.465 e. The Labute approximate surface area is 156 Å². The van der Waals surface area contributed by atoms with Gasteiger partial charge in [0.25, 0.3) is 5.60 Å². The number of aliphatic imine (C=N–C) groups is 1. The summed E-state index contributed by atoms with van der Waals surface area (Å²) in [6.45, 7) is 0. The Hall–Kier alpha value is -2.26.